The molecule has 1 unspecified atom stereocenters. The summed E-state index contributed by atoms with van der Waals surface area (Å²) in [5.41, 5.74) is 0. The third kappa shape index (κ3) is 5.48. The molecule has 29 heavy (non-hydrogen) atoms. The molecular formula is C21H34N6OS. The van der Waals surface area contributed by atoms with Gasteiger partial charge in [-0.05, 0) is 51.2 Å². The molecule has 1 aliphatic carbocycles. The molecule has 0 aromatic carbocycles. The molecule has 7 nitrogen and oxygen atoms in total. The number of piperidine rings is 1. The zero-order valence-electron chi connectivity index (χ0n) is 17.5. The van der Waals surface area contributed by atoms with Gasteiger partial charge in [-0.3, -0.25) is 0 Å². The van der Waals surface area contributed by atoms with E-state index in [1.807, 2.05) is 0 Å². The Bertz CT molecular complexity index is 690. The van der Waals surface area contributed by atoms with Gasteiger partial charge in [0.2, 0.25) is 5.95 Å². The fourth-order valence-corrected chi connectivity index (χ4v) is 4.85. The summed E-state index contributed by atoms with van der Waals surface area (Å²) in [5.74, 6) is 2.55. The molecule has 0 amide bonds. The maximum atomic E-state index is 5.59. The Morgan fingerprint density at radius 1 is 1.00 bits per heavy atom. The summed E-state index contributed by atoms with van der Waals surface area (Å²) >= 11 is 5.59. The highest BCUT2D eigenvalue weighted by atomic mass is 32.1. The van der Waals surface area contributed by atoms with Crippen LogP contribution in [0.1, 0.15) is 58.3 Å². The molecular weight excluding hydrogens is 384 g/mol. The molecule has 1 atom stereocenters. The van der Waals surface area contributed by atoms with Crippen molar-refractivity contribution in [2.75, 3.05) is 48.0 Å². The number of thiocarbonyl (C=S) groups is 1. The summed E-state index contributed by atoms with van der Waals surface area (Å²) in [6, 6.07) is 3.10. The van der Waals surface area contributed by atoms with Crippen molar-refractivity contribution in [2.45, 2.75) is 70.4 Å². The van der Waals surface area contributed by atoms with Gasteiger partial charge < -0.3 is 25.2 Å². The Balaban J connectivity index is 1.52. The Morgan fingerprint density at radius 3 is 2.48 bits per heavy atom. The van der Waals surface area contributed by atoms with Crippen molar-refractivity contribution in [2.24, 2.45) is 0 Å². The number of nitrogens with zero attached hydrogens (tertiary/aromatic N) is 4. The molecule has 8 heteroatoms. The van der Waals surface area contributed by atoms with Crippen molar-refractivity contribution < 1.29 is 4.74 Å². The Morgan fingerprint density at radius 2 is 1.72 bits per heavy atom. The Hall–Kier alpha value is -1.67. The van der Waals surface area contributed by atoms with E-state index in [4.69, 9.17) is 26.9 Å². The maximum Gasteiger partial charge on any atom is 0.232 e. The number of nitrogens with one attached hydrogen (secondary N) is 2. The van der Waals surface area contributed by atoms with Crippen LogP contribution < -0.4 is 20.4 Å². The fraction of sp³-hybridized carbons (Fsp3) is 0.762. The second kappa shape index (κ2) is 9.89. The van der Waals surface area contributed by atoms with Crippen LogP contribution in [0.5, 0.6) is 0 Å². The topological polar surface area (TPSA) is 65.6 Å². The van der Waals surface area contributed by atoms with Crippen molar-refractivity contribution in [1.82, 2.24) is 15.3 Å². The van der Waals surface area contributed by atoms with Gasteiger partial charge in [-0.2, -0.15) is 9.97 Å². The average Bonchev–Trinajstić information content (AvgIpc) is 2.75. The van der Waals surface area contributed by atoms with Crippen LogP contribution in [0.3, 0.4) is 0 Å². The molecule has 0 spiro atoms. The van der Waals surface area contributed by atoms with E-state index in [1.165, 1.54) is 51.4 Å². The van der Waals surface area contributed by atoms with E-state index in [-0.39, 0.29) is 0 Å². The van der Waals surface area contributed by atoms with Crippen LogP contribution in [0.2, 0.25) is 0 Å². The summed E-state index contributed by atoms with van der Waals surface area (Å²) in [7, 11) is 0. The van der Waals surface area contributed by atoms with E-state index in [1.54, 1.807) is 0 Å². The summed E-state index contributed by atoms with van der Waals surface area (Å²) in [6.45, 7) is 6.53. The summed E-state index contributed by atoms with van der Waals surface area (Å²) in [4.78, 5) is 14.4. The lowest BCUT2D eigenvalue weighted by molar-refractivity contribution is 0.122. The van der Waals surface area contributed by atoms with Gasteiger partial charge in [0.1, 0.15) is 11.6 Å². The van der Waals surface area contributed by atoms with Gasteiger partial charge in [0.15, 0.2) is 5.11 Å². The van der Waals surface area contributed by atoms with Gasteiger partial charge >= 0.3 is 0 Å². The van der Waals surface area contributed by atoms with Crippen LogP contribution in [0.4, 0.5) is 17.6 Å². The zero-order chi connectivity index (χ0) is 20.1. The quantitative estimate of drug-likeness (QED) is 0.722. The van der Waals surface area contributed by atoms with Crippen molar-refractivity contribution in [1.29, 1.82) is 0 Å². The molecule has 3 fully saturated rings. The first kappa shape index (κ1) is 20.6. The minimum absolute atomic E-state index is 0.466. The first-order valence-electron chi connectivity index (χ1n) is 11.2. The number of hydrogen-bond donors (Lipinski definition) is 2. The molecule has 4 rings (SSSR count). The van der Waals surface area contributed by atoms with E-state index in [9.17, 15) is 0 Å². The van der Waals surface area contributed by atoms with Gasteiger partial charge in [0.05, 0.1) is 13.2 Å². The lowest BCUT2D eigenvalue weighted by Crippen LogP contribution is -2.41. The van der Waals surface area contributed by atoms with Gasteiger partial charge in [0, 0.05) is 37.8 Å². The predicted octanol–water partition coefficient (Wildman–Crippen LogP) is 3.31. The van der Waals surface area contributed by atoms with Crippen LogP contribution in [0, 0.1) is 0 Å². The molecule has 2 saturated heterocycles. The summed E-state index contributed by atoms with van der Waals surface area (Å²) < 4.78 is 5.52. The first-order chi connectivity index (χ1) is 14.2. The monoisotopic (exact) mass is 418 g/mol. The van der Waals surface area contributed by atoms with E-state index in [2.05, 4.69) is 33.4 Å². The van der Waals surface area contributed by atoms with Gasteiger partial charge in [-0.1, -0.05) is 19.3 Å². The molecule has 0 bridgehead atoms. The van der Waals surface area contributed by atoms with E-state index < -0.39 is 0 Å². The number of rotatable bonds is 4. The number of morpholine rings is 1. The molecule has 3 heterocycles. The molecule has 160 valence electrons. The molecule has 3 aliphatic rings. The van der Waals surface area contributed by atoms with Gasteiger partial charge in [-0.15, -0.1) is 0 Å². The van der Waals surface area contributed by atoms with E-state index in [0.717, 1.165) is 44.5 Å². The van der Waals surface area contributed by atoms with E-state index >= 15 is 0 Å². The molecule has 1 aromatic heterocycles. The van der Waals surface area contributed by atoms with E-state index in [0.29, 0.717) is 23.1 Å². The molecule has 2 aliphatic heterocycles. The lowest BCUT2D eigenvalue weighted by atomic mass is 9.96. The fourth-order valence-electron chi connectivity index (χ4n) is 4.59. The number of ether oxygens (including phenoxy) is 1. The summed E-state index contributed by atoms with van der Waals surface area (Å²) in [5, 5.41) is 7.38. The van der Waals surface area contributed by atoms with Crippen molar-refractivity contribution in [3.05, 3.63) is 6.07 Å². The second-order valence-corrected chi connectivity index (χ2v) is 8.89. The normalized spacial score (nSPS) is 23.7. The minimum atomic E-state index is 0.466. The highest BCUT2D eigenvalue weighted by molar-refractivity contribution is 7.80. The van der Waals surface area contributed by atoms with Crippen LogP contribution in [-0.4, -0.2) is 60.0 Å². The standard InChI is InChI=1S/C21H34N6OS/c1-16-7-5-6-10-27(16)19-15-18(26-11-13-28-14-12-26)23-20(24-19)25-21(29)22-17-8-3-2-4-9-17/h15-17H,2-14H2,1H3,(H2,22,23,24,25,29). The van der Waals surface area contributed by atoms with Gasteiger partial charge in [0.25, 0.3) is 0 Å². The largest absolute Gasteiger partial charge is 0.378 e. The third-order valence-corrected chi connectivity index (χ3v) is 6.52. The van der Waals surface area contributed by atoms with Crippen LogP contribution >= 0.6 is 12.2 Å². The average molecular weight is 419 g/mol. The maximum absolute atomic E-state index is 5.59. The molecule has 0 radical (unpaired) electrons. The zero-order valence-corrected chi connectivity index (χ0v) is 18.3. The Kier molecular flexibility index (Phi) is 7.02. The molecule has 1 saturated carbocycles. The smallest absolute Gasteiger partial charge is 0.232 e. The molecule has 1 aromatic rings. The third-order valence-electron chi connectivity index (χ3n) is 6.30. The minimum Gasteiger partial charge on any atom is -0.378 e. The van der Waals surface area contributed by atoms with Crippen LogP contribution in [0.25, 0.3) is 0 Å². The number of aromatic nitrogens is 2. The highest BCUT2D eigenvalue weighted by Gasteiger charge is 2.23. The van der Waals surface area contributed by atoms with Gasteiger partial charge in [-0.25, -0.2) is 0 Å². The second-order valence-electron chi connectivity index (χ2n) is 8.48. The van der Waals surface area contributed by atoms with Crippen LogP contribution in [-0.2, 0) is 4.74 Å². The van der Waals surface area contributed by atoms with Crippen molar-refractivity contribution in [3.63, 3.8) is 0 Å². The Labute approximate surface area is 179 Å². The molecule has 2 N–H and O–H groups in total. The van der Waals surface area contributed by atoms with Crippen molar-refractivity contribution >= 4 is 34.9 Å². The predicted molar refractivity (Wildman–Crippen MR) is 122 cm³/mol. The van der Waals surface area contributed by atoms with Crippen molar-refractivity contribution in [3.8, 4) is 0 Å². The van der Waals surface area contributed by atoms with Crippen LogP contribution in [0.15, 0.2) is 6.07 Å². The lowest BCUT2D eigenvalue weighted by Gasteiger charge is -2.35. The SMILES string of the molecule is CC1CCCCN1c1cc(N2CCOCC2)nc(NC(=S)NC2CCCCC2)n1. The highest BCUT2D eigenvalue weighted by Crippen LogP contribution is 2.27. The number of hydrogen-bond acceptors (Lipinski definition) is 6. The number of anilines is 3. The first-order valence-corrected chi connectivity index (χ1v) is 11.7. The summed E-state index contributed by atoms with van der Waals surface area (Å²) in [6.07, 6.45) is 9.98.